The van der Waals surface area contributed by atoms with Crippen LogP contribution in [0.25, 0.3) is 0 Å². The molecule has 2 rings (SSSR count). The van der Waals surface area contributed by atoms with Crippen molar-refractivity contribution in [2.75, 3.05) is 0 Å². The quantitative estimate of drug-likeness (QED) is 0.541. The molecule has 0 atom stereocenters. The Balaban J connectivity index is 2.35. The third-order valence-corrected chi connectivity index (χ3v) is 19.9. The maximum absolute atomic E-state index is 6.96. The van der Waals surface area contributed by atoms with E-state index in [4.69, 9.17) is 6.15 Å². The fourth-order valence-electron chi connectivity index (χ4n) is 4.30. The van der Waals surface area contributed by atoms with Gasteiger partial charge in [0.05, 0.1) is 0 Å². The molecular formula is C18H36O2Sn. The van der Waals surface area contributed by atoms with Gasteiger partial charge in [-0.2, -0.15) is 0 Å². The molecule has 2 fully saturated rings. The molecule has 2 nitrogen and oxygen atoms in total. The minimum atomic E-state index is -3.14. The second-order valence-corrected chi connectivity index (χ2v) is 19.1. The zero-order chi connectivity index (χ0) is 15.7. The number of rotatable bonds is 4. The maximum atomic E-state index is 6.96. The van der Waals surface area contributed by atoms with Gasteiger partial charge in [-0.1, -0.05) is 0 Å². The molecule has 0 aromatic heterocycles. The molecule has 0 aliphatic heterocycles. The average Bonchev–Trinajstić information content (AvgIpc) is 2.98. The van der Waals surface area contributed by atoms with Crippen LogP contribution in [0, 0.1) is 0 Å². The van der Waals surface area contributed by atoms with Gasteiger partial charge < -0.3 is 0 Å². The molecule has 0 aromatic rings. The first kappa shape index (κ1) is 18.1. The SMILES string of the molecule is CC(C)(C)[O][Sn]([O]C(C)(C)C)([CH]1CCCC1)[CH]1CCCC1. The van der Waals surface area contributed by atoms with Crippen LogP contribution in [0.3, 0.4) is 0 Å². The minimum absolute atomic E-state index is 0.0630. The zero-order valence-electron chi connectivity index (χ0n) is 15.1. The summed E-state index contributed by atoms with van der Waals surface area (Å²) in [5.41, 5.74) is -0.126. The summed E-state index contributed by atoms with van der Waals surface area (Å²) < 4.78 is 15.5. The second-order valence-electron chi connectivity index (χ2n) is 9.11. The number of hydrogen-bond acceptors (Lipinski definition) is 2. The fraction of sp³-hybridized carbons (Fsp3) is 1.00. The van der Waals surface area contributed by atoms with Gasteiger partial charge >= 0.3 is 137 Å². The zero-order valence-corrected chi connectivity index (χ0v) is 18.0. The first-order chi connectivity index (χ1) is 9.62. The average molecular weight is 403 g/mol. The summed E-state index contributed by atoms with van der Waals surface area (Å²) in [6, 6.07) is 0. The van der Waals surface area contributed by atoms with Crippen molar-refractivity contribution in [3.8, 4) is 0 Å². The second kappa shape index (κ2) is 6.68. The molecule has 3 heteroatoms. The van der Waals surface area contributed by atoms with E-state index in [-0.39, 0.29) is 11.2 Å². The van der Waals surface area contributed by atoms with Gasteiger partial charge in [0, 0.05) is 0 Å². The van der Waals surface area contributed by atoms with Crippen molar-refractivity contribution in [1.29, 1.82) is 0 Å². The predicted molar refractivity (Wildman–Crippen MR) is 91.9 cm³/mol. The first-order valence-electron chi connectivity index (χ1n) is 9.03. The summed E-state index contributed by atoms with van der Waals surface area (Å²) in [4.78, 5) is 0. The van der Waals surface area contributed by atoms with Crippen LogP contribution in [0.5, 0.6) is 0 Å². The molecule has 0 bridgehead atoms. The third kappa shape index (κ3) is 4.84. The van der Waals surface area contributed by atoms with Crippen molar-refractivity contribution in [3.63, 3.8) is 0 Å². The van der Waals surface area contributed by atoms with E-state index in [0.717, 1.165) is 7.87 Å². The van der Waals surface area contributed by atoms with Crippen molar-refractivity contribution in [2.24, 2.45) is 0 Å². The van der Waals surface area contributed by atoms with E-state index < -0.39 is 19.2 Å². The van der Waals surface area contributed by atoms with E-state index in [9.17, 15) is 0 Å². The van der Waals surface area contributed by atoms with Crippen LogP contribution >= 0.6 is 0 Å². The van der Waals surface area contributed by atoms with Crippen LogP contribution < -0.4 is 0 Å². The normalized spacial score (nSPS) is 23.1. The Bertz CT molecular complexity index is 294. The molecule has 0 N–H and O–H groups in total. The molecule has 0 aromatic carbocycles. The van der Waals surface area contributed by atoms with Gasteiger partial charge in [0.15, 0.2) is 0 Å². The standard InChI is InChI=1S/2C5H9.2C4H9O.Sn/c2*1-2-4-5-3-1;2*1-4(2,3)5;/h2*1H,2-5H2;2*1-3H3;/q;;2*-1;+2. The Morgan fingerprint density at radius 2 is 0.905 bits per heavy atom. The summed E-state index contributed by atoms with van der Waals surface area (Å²) in [5, 5.41) is 0. The van der Waals surface area contributed by atoms with Crippen molar-refractivity contribution in [1.82, 2.24) is 0 Å². The molecule has 2 aliphatic rings. The van der Waals surface area contributed by atoms with Crippen LogP contribution in [0.2, 0.25) is 7.87 Å². The molecule has 0 amide bonds. The van der Waals surface area contributed by atoms with Crippen molar-refractivity contribution >= 4 is 19.2 Å². The van der Waals surface area contributed by atoms with Crippen LogP contribution in [-0.2, 0) is 6.15 Å². The predicted octanol–water partition coefficient (Wildman–Crippen LogP) is 5.95. The first-order valence-corrected chi connectivity index (χ1v) is 14.7. The number of hydrogen-bond donors (Lipinski definition) is 0. The van der Waals surface area contributed by atoms with Gasteiger partial charge in [0.1, 0.15) is 0 Å². The van der Waals surface area contributed by atoms with E-state index in [0.29, 0.717) is 0 Å². The van der Waals surface area contributed by atoms with Gasteiger partial charge in [-0.15, -0.1) is 0 Å². The Kier molecular flexibility index (Phi) is 5.75. The van der Waals surface area contributed by atoms with Gasteiger partial charge in [-0.25, -0.2) is 0 Å². The molecule has 0 spiro atoms. The molecule has 124 valence electrons. The molecule has 2 saturated carbocycles. The summed E-state index contributed by atoms with van der Waals surface area (Å²) in [5.74, 6) is 0. The summed E-state index contributed by atoms with van der Waals surface area (Å²) in [7, 11) is 0. The van der Waals surface area contributed by atoms with Crippen LogP contribution in [-0.4, -0.2) is 30.4 Å². The third-order valence-electron chi connectivity index (χ3n) is 4.78. The van der Waals surface area contributed by atoms with Crippen molar-refractivity contribution in [3.05, 3.63) is 0 Å². The monoisotopic (exact) mass is 404 g/mol. The molecule has 21 heavy (non-hydrogen) atoms. The molecule has 2 aliphatic carbocycles. The van der Waals surface area contributed by atoms with Gasteiger partial charge in [-0.05, 0) is 0 Å². The topological polar surface area (TPSA) is 18.5 Å². The van der Waals surface area contributed by atoms with Crippen molar-refractivity contribution in [2.45, 2.75) is 112 Å². The van der Waals surface area contributed by atoms with E-state index in [1.54, 1.807) is 0 Å². The van der Waals surface area contributed by atoms with Crippen LogP contribution in [0.1, 0.15) is 92.9 Å². The van der Waals surface area contributed by atoms with E-state index in [1.165, 1.54) is 51.4 Å². The Labute approximate surface area is 137 Å². The summed E-state index contributed by atoms with van der Waals surface area (Å²) in [6.45, 7) is 13.4. The van der Waals surface area contributed by atoms with Crippen molar-refractivity contribution < 1.29 is 6.15 Å². The Hall–Kier alpha value is 0.719. The molecule has 0 unspecified atom stereocenters. The van der Waals surface area contributed by atoms with E-state index in [2.05, 4.69) is 41.5 Å². The summed E-state index contributed by atoms with van der Waals surface area (Å²) >= 11 is -3.14. The van der Waals surface area contributed by atoms with Gasteiger partial charge in [-0.3, -0.25) is 0 Å². The fourth-order valence-corrected chi connectivity index (χ4v) is 20.6. The van der Waals surface area contributed by atoms with Gasteiger partial charge in [0.2, 0.25) is 0 Å². The van der Waals surface area contributed by atoms with E-state index in [1.807, 2.05) is 0 Å². The van der Waals surface area contributed by atoms with Crippen LogP contribution in [0.15, 0.2) is 0 Å². The Morgan fingerprint density at radius 3 is 1.14 bits per heavy atom. The molecule has 0 saturated heterocycles. The Morgan fingerprint density at radius 1 is 0.619 bits per heavy atom. The van der Waals surface area contributed by atoms with Gasteiger partial charge in [0.25, 0.3) is 0 Å². The molecule has 0 heterocycles. The summed E-state index contributed by atoms with van der Waals surface area (Å²) in [6.07, 6.45) is 11.0. The van der Waals surface area contributed by atoms with E-state index >= 15 is 0 Å². The van der Waals surface area contributed by atoms with Crippen LogP contribution in [0.4, 0.5) is 0 Å². The molecule has 0 radical (unpaired) electrons. The molecular weight excluding hydrogens is 367 g/mol.